The highest BCUT2D eigenvalue weighted by atomic mass is 19.4. The maximum Gasteiger partial charge on any atom is 0.416 e. The lowest BCUT2D eigenvalue weighted by Crippen LogP contribution is -2.33. The van der Waals surface area contributed by atoms with Gasteiger partial charge >= 0.3 is 6.18 Å². The van der Waals surface area contributed by atoms with E-state index in [9.17, 15) is 13.2 Å². The molecule has 18 heavy (non-hydrogen) atoms. The average molecular weight is 261 g/mol. The van der Waals surface area contributed by atoms with Gasteiger partial charge in [0.2, 0.25) is 0 Å². The molecule has 0 amide bonds. The van der Waals surface area contributed by atoms with E-state index < -0.39 is 17.8 Å². The summed E-state index contributed by atoms with van der Waals surface area (Å²) in [4.78, 5) is 0. The summed E-state index contributed by atoms with van der Waals surface area (Å²) < 4.78 is 48.6. The molecule has 1 aromatic carbocycles. The zero-order valence-corrected chi connectivity index (χ0v) is 9.88. The van der Waals surface area contributed by atoms with Gasteiger partial charge in [0, 0.05) is 18.7 Å². The molecule has 1 aromatic rings. The standard InChI is InChI=1S/C12H14F3NO2/c1-17-10-3-2-8(12(13,14)15)6-9(10)11-7-16-4-5-18-11/h2-3,6,11,16H,4-5,7H2,1H3. The average Bonchev–Trinajstić information content (AvgIpc) is 2.38. The first-order chi connectivity index (χ1) is 8.52. The van der Waals surface area contributed by atoms with Crippen LogP contribution in [0.1, 0.15) is 17.2 Å². The molecule has 1 aliphatic heterocycles. The Kier molecular flexibility index (Phi) is 3.77. The SMILES string of the molecule is COc1ccc(C(F)(F)F)cc1C1CNCCO1. The van der Waals surface area contributed by atoms with E-state index in [-0.39, 0.29) is 0 Å². The third kappa shape index (κ3) is 2.76. The smallest absolute Gasteiger partial charge is 0.416 e. The normalized spacial score (nSPS) is 20.8. The number of alkyl halides is 3. The lowest BCUT2D eigenvalue weighted by molar-refractivity contribution is -0.137. The molecule has 1 fully saturated rings. The molecular weight excluding hydrogens is 247 g/mol. The highest BCUT2D eigenvalue weighted by Gasteiger charge is 2.32. The van der Waals surface area contributed by atoms with E-state index in [1.54, 1.807) is 0 Å². The Labute approximate surface area is 103 Å². The van der Waals surface area contributed by atoms with Gasteiger partial charge in [0.05, 0.1) is 25.4 Å². The molecule has 1 N–H and O–H groups in total. The molecule has 1 unspecified atom stereocenters. The van der Waals surface area contributed by atoms with Crippen LogP contribution in [0.3, 0.4) is 0 Å². The van der Waals surface area contributed by atoms with Crippen molar-refractivity contribution >= 4 is 0 Å². The zero-order valence-electron chi connectivity index (χ0n) is 9.88. The first kappa shape index (κ1) is 13.2. The number of nitrogens with one attached hydrogen (secondary N) is 1. The molecule has 0 radical (unpaired) electrons. The van der Waals surface area contributed by atoms with Crippen LogP contribution in [0, 0.1) is 0 Å². The summed E-state index contributed by atoms with van der Waals surface area (Å²) in [5, 5.41) is 3.08. The summed E-state index contributed by atoms with van der Waals surface area (Å²) in [7, 11) is 1.43. The predicted molar refractivity (Wildman–Crippen MR) is 59.6 cm³/mol. The maximum absolute atomic E-state index is 12.7. The Morgan fingerprint density at radius 2 is 2.17 bits per heavy atom. The molecule has 0 aliphatic carbocycles. The summed E-state index contributed by atoms with van der Waals surface area (Å²) in [6.07, 6.45) is -4.76. The minimum atomic E-state index is -4.36. The molecule has 1 heterocycles. The number of rotatable bonds is 2. The Balaban J connectivity index is 2.35. The molecule has 2 rings (SSSR count). The van der Waals surface area contributed by atoms with Crippen molar-refractivity contribution in [3.05, 3.63) is 29.3 Å². The number of halogens is 3. The van der Waals surface area contributed by atoms with Crippen molar-refractivity contribution < 1.29 is 22.6 Å². The number of methoxy groups -OCH3 is 1. The molecule has 0 spiro atoms. The topological polar surface area (TPSA) is 30.5 Å². The van der Waals surface area contributed by atoms with Crippen molar-refractivity contribution in [1.29, 1.82) is 0 Å². The molecule has 0 bridgehead atoms. The number of morpholine rings is 1. The fraction of sp³-hybridized carbons (Fsp3) is 0.500. The number of hydrogen-bond donors (Lipinski definition) is 1. The van der Waals surface area contributed by atoms with Crippen LogP contribution in [-0.4, -0.2) is 26.8 Å². The lowest BCUT2D eigenvalue weighted by atomic mass is 10.0. The van der Waals surface area contributed by atoms with Crippen LogP contribution in [0.4, 0.5) is 13.2 Å². The summed E-state index contributed by atoms with van der Waals surface area (Å²) in [6.45, 7) is 1.67. The largest absolute Gasteiger partial charge is 0.496 e. The van der Waals surface area contributed by atoms with Crippen molar-refractivity contribution in [1.82, 2.24) is 5.32 Å². The quantitative estimate of drug-likeness (QED) is 0.886. The van der Waals surface area contributed by atoms with Crippen LogP contribution in [0.15, 0.2) is 18.2 Å². The third-order valence-electron chi connectivity index (χ3n) is 2.83. The van der Waals surface area contributed by atoms with E-state index in [0.29, 0.717) is 31.0 Å². The summed E-state index contributed by atoms with van der Waals surface area (Å²) >= 11 is 0. The molecule has 100 valence electrons. The number of benzene rings is 1. The van der Waals surface area contributed by atoms with Crippen molar-refractivity contribution in [3.8, 4) is 5.75 Å². The molecule has 6 heteroatoms. The summed E-state index contributed by atoms with van der Waals surface area (Å²) in [5.41, 5.74) is -0.257. The second-order valence-corrected chi connectivity index (χ2v) is 4.02. The molecular formula is C12H14F3NO2. The zero-order chi connectivity index (χ0) is 13.2. The molecule has 0 aromatic heterocycles. The fourth-order valence-electron chi connectivity index (χ4n) is 1.93. The minimum Gasteiger partial charge on any atom is -0.496 e. The third-order valence-corrected chi connectivity index (χ3v) is 2.83. The van der Waals surface area contributed by atoms with Crippen LogP contribution in [-0.2, 0) is 10.9 Å². The van der Waals surface area contributed by atoms with E-state index >= 15 is 0 Å². The van der Waals surface area contributed by atoms with E-state index in [0.717, 1.165) is 12.1 Å². The minimum absolute atomic E-state index is 0.406. The second kappa shape index (κ2) is 5.16. The fourth-order valence-corrected chi connectivity index (χ4v) is 1.93. The van der Waals surface area contributed by atoms with Gasteiger partial charge in [0.15, 0.2) is 0 Å². The molecule has 3 nitrogen and oxygen atoms in total. The van der Waals surface area contributed by atoms with Crippen molar-refractivity contribution in [3.63, 3.8) is 0 Å². The highest BCUT2D eigenvalue weighted by Crippen LogP contribution is 2.35. The Morgan fingerprint density at radius 1 is 1.39 bits per heavy atom. The van der Waals surface area contributed by atoms with E-state index in [1.807, 2.05) is 0 Å². The van der Waals surface area contributed by atoms with Gasteiger partial charge in [-0.05, 0) is 18.2 Å². The molecule has 0 saturated carbocycles. The molecule has 1 saturated heterocycles. The van der Waals surface area contributed by atoms with Crippen LogP contribution < -0.4 is 10.1 Å². The van der Waals surface area contributed by atoms with Crippen LogP contribution in [0.25, 0.3) is 0 Å². The molecule has 1 aliphatic rings. The first-order valence-electron chi connectivity index (χ1n) is 5.60. The summed E-state index contributed by atoms with van der Waals surface area (Å²) in [6, 6.07) is 3.44. The van der Waals surface area contributed by atoms with Gasteiger partial charge in [-0.25, -0.2) is 0 Å². The number of ether oxygens (including phenoxy) is 2. The Hall–Kier alpha value is -1.27. The maximum atomic E-state index is 12.7. The van der Waals surface area contributed by atoms with Gasteiger partial charge in [-0.3, -0.25) is 0 Å². The first-order valence-corrected chi connectivity index (χ1v) is 5.60. The van der Waals surface area contributed by atoms with Gasteiger partial charge < -0.3 is 14.8 Å². The van der Waals surface area contributed by atoms with Crippen molar-refractivity contribution in [2.75, 3.05) is 26.8 Å². The van der Waals surface area contributed by atoms with Gasteiger partial charge in [-0.15, -0.1) is 0 Å². The Bertz CT molecular complexity index is 414. The van der Waals surface area contributed by atoms with Crippen molar-refractivity contribution in [2.45, 2.75) is 12.3 Å². The van der Waals surface area contributed by atoms with Crippen LogP contribution >= 0.6 is 0 Å². The predicted octanol–water partition coefficient (Wildman–Crippen LogP) is 2.37. The summed E-state index contributed by atoms with van der Waals surface area (Å²) in [5.74, 6) is 0.414. The second-order valence-electron chi connectivity index (χ2n) is 4.02. The van der Waals surface area contributed by atoms with E-state index in [1.165, 1.54) is 13.2 Å². The van der Waals surface area contributed by atoms with E-state index in [2.05, 4.69) is 5.32 Å². The van der Waals surface area contributed by atoms with Crippen molar-refractivity contribution in [2.24, 2.45) is 0 Å². The Morgan fingerprint density at radius 3 is 2.72 bits per heavy atom. The van der Waals surface area contributed by atoms with Crippen LogP contribution in [0.5, 0.6) is 5.75 Å². The monoisotopic (exact) mass is 261 g/mol. The number of hydrogen-bond acceptors (Lipinski definition) is 3. The molecule has 1 atom stereocenters. The lowest BCUT2D eigenvalue weighted by Gasteiger charge is -2.26. The van der Waals surface area contributed by atoms with Crippen LogP contribution in [0.2, 0.25) is 0 Å². The van der Waals surface area contributed by atoms with Gasteiger partial charge in [0.25, 0.3) is 0 Å². The van der Waals surface area contributed by atoms with E-state index in [4.69, 9.17) is 9.47 Å². The highest BCUT2D eigenvalue weighted by molar-refractivity contribution is 5.40. The van der Waals surface area contributed by atoms with Gasteiger partial charge in [-0.1, -0.05) is 0 Å². The van der Waals surface area contributed by atoms with Gasteiger partial charge in [-0.2, -0.15) is 13.2 Å². The van der Waals surface area contributed by atoms with Gasteiger partial charge in [0.1, 0.15) is 5.75 Å².